The van der Waals surface area contributed by atoms with Crippen molar-refractivity contribution in [2.75, 3.05) is 7.11 Å². The normalized spacial score (nSPS) is 10.2. The highest BCUT2D eigenvalue weighted by atomic mass is 16.5. The Bertz CT molecular complexity index is 603. The zero-order valence-electron chi connectivity index (χ0n) is 12.1. The van der Waals surface area contributed by atoms with Crippen molar-refractivity contribution in [2.24, 2.45) is 0 Å². The zero-order valence-corrected chi connectivity index (χ0v) is 12.1. The Balaban J connectivity index is 2.02. The van der Waals surface area contributed by atoms with Crippen LogP contribution in [0.25, 0.3) is 0 Å². The fourth-order valence-corrected chi connectivity index (χ4v) is 1.99. The molecule has 1 N–H and O–H groups in total. The Morgan fingerprint density at radius 2 is 1.75 bits per heavy atom. The van der Waals surface area contributed by atoms with E-state index in [1.54, 1.807) is 0 Å². The molecule has 0 bridgehead atoms. The fourth-order valence-electron chi connectivity index (χ4n) is 1.99. The summed E-state index contributed by atoms with van der Waals surface area (Å²) in [6.07, 6.45) is 0. The third kappa shape index (κ3) is 3.38. The largest absolute Gasteiger partial charge is 0.489 e. The lowest BCUT2D eigenvalue weighted by molar-refractivity contribution is 0.305. The van der Waals surface area contributed by atoms with E-state index < -0.39 is 0 Å². The molecule has 0 heterocycles. The van der Waals surface area contributed by atoms with Gasteiger partial charge in [-0.25, -0.2) is 0 Å². The molecule has 2 rings (SSSR count). The van der Waals surface area contributed by atoms with Crippen molar-refractivity contribution in [3.8, 4) is 5.75 Å². The van der Waals surface area contributed by atoms with Crippen molar-refractivity contribution in [3.05, 3.63) is 64.7 Å². The lowest BCUT2D eigenvalue weighted by Gasteiger charge is -2.10. The molecule has 0 aromatic heterocycles. The van der Waals surface area contributed by atoms with E-state index in [0.29, 0.717) is 6.61 Å². The molecule has 0 fully saturated rings. The number of nitrogens with one attached hydrogen (secondary N) is 1. The molecule has 0 atom stereocenters. The summed E-state index contributed by atoms with van der Waals surface area (Å²) >= 11 is 0. The predicted molar refractivity (Wildman–Crippen MR) is 80.5 cm³/mol. The summed E-state index contributed by atoms with van der Waals surface area (Å²) in [6, 6.07) is 13.7. The minimum atomic E-state index is 0.158. The van der Waals surface area contributed by atoms with Gasteiger partial charge in [-0.1, -0.05) is 23.8 Å². The lowest BCUT2D eigenvalue weighted by atomic mass is 10.1. The molecule has 0 aliphatic carbocycles. The van der Waals surface area contributed by atoms with Crippen LogP contribution >= 0.6 is 0 Å². The molecule has 0 radical (unpaired) electrons. The first-order valence-electron chi connectivity index (χ1n) is 6.52. The summed E-state index contributed by atoms with van der Waals surface area (Å²) in [7, 11) is 1.49. The van der Waals surface area contributed by atoms with Gasteiger partial charge >= 0.3 is 0 Å². The maximum Gasteiger partial charge on any atom is 0.212 e. The van der Waals surface area contributed by atoms with Crippen LogP contribution in [-0.2, 0) is 11.3 Å². The highest BCUT2D eigenvalue weighted by Crippen LogP contribution is 2.17. The third-order valence-electron chi connectivity index (χ3n) is 3.21. The number of rotatable bonds is 4. The Morgan fingerprint density at radius 3 is 2.35 bits per heavy atom. The summed E-state index contributed by atoms with van der Waals surface area (Å²) in [6.45, 7) is 4.73. The van der Waals surface area contributed by atoms with Gasteiger partial charge in [0.05, 0.1) is 7.11 Å². The van der Waals surface area contributed by atoms with Gasteiger partial charge in [0.25, 0.3) is 0 Å². The second-order valence-corrected chi connectivity index (χ2v) is 4.78. The van der Waals surface area contributed by atoms with Crippen molar-refractivity contribution in [1.82, 2.24) is 0 Å². The number of hydrogen-bond acceptors (Lipinski definition) is 3. The Labute approximate surface area is 119 Å². The minimum absolute atomic E-state index is 0.158. The van der Waals surface area contributed by atoms with Gasteiger partial charge < -0.3 is 9.47 Å². The molecule has 3 nitrogen and oxygen atoms in total. The van der Waals surface area contributed by atoms with Crippen LogP contribution in [0.2, 0.25) is 0 Å². The van der Waals surface area contributed by atoms with E-state index in [9.17, 15) is 0 Å². The van der Waals surface area contributed by atoms with E-state index in [-0.39, 0.29) is 5.90 Å². The van der Waals surface area contributed by atoms with Crippen LogP contribution < -0.4 is 4.74 Å². The van der Waals surface area contributed by atoms with Crippen LogP contribution in [0.15, 0.2) is 42.5 Å². The van der Waals surface area contributed by atoms with Crippen LogP contribution in [0.3, 0.4) is 0 Å². The van der Waals surface area contributed by atoms with Crippen molar-refractivity contribution in [3.63, 3.8) is 0 Å². The average molecular weight is 269 g/mol. The van der Waals surface area contributed by atoms with Gasteiger partial charge in [-0.2, -0.15) is 0 Å². The standard InChI is InChI=1S/C17H19NO2/c1-12-4-5-15(13(2)10-12)11-20-16-8-6-14(7-9-16)17(18)19-3/h4-10,18H,11H2,1-3H3. The summed E-state index contributed by atoms with van der Waals surface area (Å²) < 4.78 is 10.6. The molecule has 0 unspecified atom stereocenters. The van der Waals surface area contributed by atoms with Crippen LogP contribution in [0, 0.1) is 19.3 Å². The summed E-state index contributed by atoms with van der Waals surface area (Å²) in [5, 5.41) is 7.57. The molecule has 104 valence electrons. The number of methoxy groups -OCH3 is 1. The van der Waals surface area contributed by atoms with Gasteiger partial charge in [0, 0.05) is 5.56 Å². The maximum atomic E-state index is 7.57. The van der Waals surface area contributed by atoms with Crippen LogP contribution in [-0.4, -0.2) is 13.0 Å². The SMILES string of the molecule is COC(=N)c1ccc(OCc2ccc(C)cc2C)cc1. The second kappa shape index (κ2) is 6.24. The average Bonchev–Trinajstić information content (AvgIpc) is 2.46. The van der Waals surface area contributed by atoms with Crippen molar-refractivity contribution >= 4 is 5.90 Å². The minimum Gasteiger partial charge on any atom is -0.489 e. The molecule has 3 heteroatoms. The van der Waals surface area contributed by atoms with Crippen molar-refractivity contribution in [2.45, 2.75) is 20.5 Å². The van der Waals surface area contributed by atoms with Gasteiger partial charge in [0.2, 0.25) is 5.90 Å². The first-order chi connectivity index (χ1) is 9.60. The summed E-state index contributed by atoms with van der Waals surface area (Å²) in [4.78, 5) is 0. The Morgan fingerprint density at radius 1 is 1.05 bits per heavy atom. The van der Waals surface area contributed by atoms with Crippen molar-refractivity contribution in [1.29, 1.82) is 5.41 Å². The molecule has 0 amide bonds. The fraction of sp³-hybridized carbons (Fsp3) is 0.235. The monoisotopic (exact) mass is 269 g/mol. The number of hydrogen-bond donors (Lipinski definition) is 1. The van der Waals surface area contributed by atoms with Gasteiger partial charge in [-0.15, -0.1) is 0 Å². The smallest absolute Gasteiger partial charge is 0.212 e. The van der Waals surface area contributed by atoms with Gasteiger partial charge in [0.1, 0.15) is 12.4 Å². The van der Waals surface area contributed by atoms with Crippen LogP contribution in [0.5, 0.6) is 5.75 Å². The van der Waals surface area contributed by atoms with E-state index in [4.69, 9.17) is 14.9 Å². The lowest BCUT2D eigenvalue weighted by Crippen LogP contribution is -2.01. The topological polar surface area (TPSA) is 42.3 Å². The Kier molecular flexibility index (Phi) is 4.41. The van der Waals surface area contributed by atoms with E-state index in [1.807, 2.05) is 24.3 Å². The van der Waals surface area contributed by atoms with Gasteiger partial charge in [-0.05, 0) is 49.2 Å². The number of ether oxygens (including phenoxy) is 2. The van der Waals surface area contributed by atoms with E-state index in [0.717, 1.165) is 11.3 Å². The van der Waals surface area contributed by atoms with Crippen LogP contribution in [0.1, 0.15) is 22.3 Å². The summed E-state index contributed by atoms with van der Waals surface area (Å²) in [5.74, 6) is 0.948. The zero-order chi connectivity index (χ0) is 14.5. The number of benzene rings is 2. The van der Waals surface area contributed by atoms with Crippen LogP contribution in [0.4, 0.5) is 0 Å². The Hall–Kier alpha value is -2.29. The second-order valence-electron chi connectivity index (χ2n) is 4.78. The molecular formula is C17H19NO2. The molecule has 2 aromatic rings. The molecule has 0 saturated carbocycles. The maximum absolute atomic E-state index is 7.57. The quantitative estimate of drug-likeness (QED) is 0.676. The molecule has 0 spiro atoms. The molecule has 2 aromatic carbocycles. The first-order valence-corrected chi connectivity index (χ1v) is 6.52. The van der Waals surface area contributed by atoms with E-state index >= 15 is 0 Å². The van der Waals surface area contributed by atoms with Gasteiger partial charge in [-0.3, -0.25) is 5.41 Å². The van der Waals surface area contributed by atoms with Crippen molar-refractivity contribution < 1.29 is 9.47 Å². The molecule has 0 aliphatic heterocycles. The predicted octanol–water partition coefficient (Wildman–Crippen LogP) is 3.85. The molecule has 0 aliphatic rings. The highest BCUT2D eigenvalue weighted by molar-refractivity contribution is 5.91. The highest BCUT2D eigenvalue weighted by Gasteiger charge is 2.03. The number of aryl methyl sites for hydroxylation is 2. The molecule has 20 heavy (non-hydrogen) atoms. The van der Waals surface area contributed by atoms with Gasteiger partial charge in [0.15, 0.2) is 0 Å². The molecule has 0 saturated heterocycles. The summed E-state index contributed by atoms with van der Waals surface area (Å²) in [5.41, 5.74) is 4.42. The third-order valence-corrected chi connectivity index (χ3v) is 3.21. The first kappa shape index (κ1) is 14.1. The van der Waals surface area contributed by atoms with E-state index in [1.165, 1.54) is 23.8 Å². The van der Waals surface area contributed by atoms with E-state index in [2.05, 4.69) is 32.0 Å². The molecular weight excluding hydrogens is 250 g/mol.